The van der Waals surface area contributed by atoms with Gasteiger partial charge in [0.2, 0.25) is 11.8 Å². The van der Waals surface area contributed by atoms with Crippen molar-refractivity contribution in [3.05, 3.63) is 0 Å². The van der Waals surface area contributed by atoms with Gasteiger partial charge in [0.25, 0.3) is 0 Å². The number of imide groups is 1. The fraction of sp³-hybridized carbons (Fsp3) is 0.846. The minimum atomic E-state index is -0.260. The molecule has 0 radical (unpaired) electrons. The van der Waals surface area contributed by atoms with Crippen molar-refractivity contribution in [2.24, 2.45) is 11.8 Å². The number of nitrogens with zero attached hydrogens (tertiary/aromatic N) is 1. The lowest BCUT2D eigenvalue weighted by atomic mass is 9.75. The highest BCUT2D eigenvalue weighted by molar-refractivity contribution is 5.98. The first kappa shape index (κ1) is 13.2. The first-order valence-corrected chi connectivity index (χ1v) is 6.23. The molecule has 1 heterocycles. The van der Waals surface area contributed by atoms with E-state index in [0.29, 0.717) is 24.7 Å². The Labute approximate surface area is 98.2 Å². The maximum absolute atomic E-state index is 12.0. The first-order chi connectivity index (χ1) is 7.37. The van der Waals surface area contributed by atoms with Crippen LogP contribution in [0.3, 0.4) is 0 Å². The van der Waals surface area contributed by atoms with Crippen LogP contribution < -0.4 is 0 Å². The maximum atomic E-state index is 12.0. The van der Waals surface area contributed by atoms with E-state index in [0.717, 1.165) is 6.42 Å². The van der Waals surface area contributed by atoms with E-state index in [1.165, 1.54) is 0 Å². The summed E-state index contributed by atoms with van der Waals surface area (Å²) in [5, 5.41) is 0. The fourth-order valence-corrected chi connectivity index (χ4v) is 3.05. The lowest BCUT2D eigenvalue weighted by molar-refractivity contribution is -0.150. The highest BCUT2D eigenvalue weighted by Gasteiger charge is 2.51. The SMILES string of the molecule is CCC(=O)N1C(=O)CCC1(C(C)C)C(C)C. The molecule has 92 valence electrons. The third-order valence-electron chi connectivity index (χ3n) is 3.96. The van der Waals surface area contributed by atoms with Crippen LogP contribution in [-0.2, 0) is 9.59 Å². The average Bonchev–Trinajstić information content (AvgIpc) is 2.56. The standard InChI is InChI=1S/C13H23NO2/c1-6-11(15)14-12(16)7-8-13(14,9(2)3)10(4)5/h9-10H,6-8H2,1-5H3. The van der Waals surface area contributed by atoms with Gasteiger partial charge in [0.15, 0.2) is 0 Å². The lowest BCUT2D eigenvalue weighted by Crippen LogP contribution is -2.55. The molecule has 1 saturated heterocycles. The van der Waals surface area contributed by atoms with E-state index in [2.05, 4.69) is 27.7 Å². The van der Waals surface area contributed by atoms with Gasteiger partial charge in [0, 0.05) is 12.8 Å². The van der Waals surface area contributed by atoms with Gasteiger partial charge in [0.05, 0.1) is 5.54 Å². The predicted octanol–water partition coefficient (Wildman–Crippen LogP) is 2.60. The van der Waals surface area contributed by atoms with Crippen LogP contribution in [-0.4, -0.2) is 22.3 Å². The molecule has 0 aromatic carbocycles. The zero-order valence-electron chi connectivity index (χ0n) is 11.0. The Morgan fingerprint density at radius 2 is 1.81 bits per heavy atom. The van der Waals surface area contributed by atoms with Gasteiger partial charge in [-0.25, -0.2) is 0 Å². The molecule has 0 saturated carbocycles. The summed E-state index contributed by atoms with van der Waals surface area (Å²) in [7, 11) is 0. The molecule has 1 aliphatic heterocycles. The second-order valence-electron chi connectivity index (χ2n) is 5.28. The van der Waals surface area contributed by atoms with E-state index in [1.807, 2.05) is 6.92 Å². The molecule has 1 rings (SSSR count). The van der Waals surface area contributed by atoms with Crippen LogP contribution >= 0.6 is 0 Å². The monoisotopic (exact) mass is 225 g/mol. The highest BCUT2D eigenvalue weighted by atomic mass is 16.2. The smallest absolute Gasteiger partial charge is 0.229 e. The van der Waals surface area contributed by atoms with Crippen LogP contribution in [0, 0.1) is 11.8 Å². The topological polar surface area (TPSA) is 37.4 Å². The number of carbonyl (C=O) groups excluding carboxylic acids is 2. The van der Waals surface area contributed by atoms with Crippen LogP contribution in [0.25, 0.3) is 0 Å². The molecule has 1 aliphatic rings. The number of rotatable bonds is 3. The summed E-state index contributed by atoms with van der Waals surface area (Å²) < 4.78 is 0. The minimum absolute atomic E-state index is 0.00856. The Morgan fingerprint density at radius 1 is 1.31 bits per heavy atom. The van der Waals surface area contributed by atoms with Crippen molar-refractivity contribution in [3.63, 3.8) is 0 Å². The summed E-state index contributed by atoms with van der Waals surface area (Å²) in [5.41, 5.74) is -0.260. The van der Waals surface area contributed by atoms with Crippen molar-refractivity contribution < 1.29 is 9.59 Å². The molecule has 0 atom stereocenters. The van der Waals surface area contributed by atoms with Gasteiger partial charge in [-0.15, -0.1) is 0 Å². The Hall–Kier alpha value is -0.860. The van der Waals surface area contributed by atoms with Gasteiger partial charge in [-0.1, -0.05) is 34.6 Å². The highest BCUT2D eigenvalue weighted by Crippen LogP contribution is 2.42. The van der Waals surface area contributed by atoms with Crippen molar-refractivity contribution >= 4 is 11.8 Å². The molecule has 3 nitrogen and oxygen atoms in total. The molecular formula is C13H23NO2. The van der Waals surface area contributed by atoms with E-state index in [1.54, 1.807) is 4.90 Å². The van der Waals surface area contributed by atoms with Crippen LogP contribution in [0.4, 0.5) is 0 Å². The van der Waals surface area contributed by atoms with Crippen molar-refractivity contribution in [3.8, 4) is 0 Å². The Kier molecular flexibility index (Phi) is 3.76. The van der Waals surface area contributed by atoms with E-state index in [-0.39, 0.29) is 17.4 Å². The molecule has 1 fully saturated rings. The third kappa shape index (κ3) is 1.76. The molecule has 0 aromatic heterocycles. The van der Waals surface area contributed by atoms with Crippen LogP contribution in [0.5, 0.6) is 0 Å². The average molecular weight is 225 g/mol. The lowest BCUT2D eigenvalue weighted by Gasteiger charge is -2.44. The van der Waals surface area contributed by atoms with Crippen LogP contribution in [0.1, 0.15) is 53.9 Å². The Morgan fingerprint density at radius 3 is 2.19 bits per heavy atom. The quantitative estimate of drug-likeness (QED) is 0.740. The summed E-state index contributed by atoms with van der Waals surface area (Å²) in [6.45, 7) is 10.2. The number of hydrogen-bond donors (Lipinski definition) is 0. The zero-order valence-corrected chi connectivity index (χ0v) is 11.0. The molecule has 0 spiro atoms. The maximum Gasteiger partial charge on any atom is 0.229 e. The van der Waals surface area contributed by atoms with Gasteiger partial charge < -0.3 is 0 Å². The van der Waals surface area contributed by atoms with Crippen molar-refractivity contribution in [2.75, 3.05) is 0 Å². The summed E-state index contributed by atoms with van der Waals surface area (Å²) in [6.07, 6.45) is 1.74. The van der Waals surface area contributed by atoms with E-state index >= 15 is 0 Å². The summed E-state index contributed by atoms with van der Waals surface area (Å²) in [5.74, 6) is 0.614. The first-order valence-electron chi connectivity index (χ1n) is 6.23. The van der Waals surface area contributed by atoms with Gasteiger partial charge in [-0.3, -0.25) is 14.5 Å². The summed E-state index contributed by atoms with van der Waals surface area (Å²) in [6, 6.07) is 0. The van der Waals surface area contributed by atoms with E-state index in [4.69, 9.17) is 0 Å². The summed E-state index contributed by atoms with van der Waals surface area (Å²) >= 11 is 0. The number of amides is 2. The second kappa shape index (κ2) is 4.56. The molecular weight excluding hydrogens is 202 g/mol. The molecule has 0 aliphatic carbocycles. The Balaban J connectivity index is 3.17. The largest absolute Gasteiger partial charge is 0.276 e. The predicted molar refractivity (Wildman–Crippen MR) is 63.8 cm³/mol. The number of carbonyl (C=O) groups is 2. The summed E-state index contributed by atoms with van der Waals surface area (Å²) in [4.78, 5) is 25.4. The number of hydrogen-bond acceptors (Lipinski definition) is 2. The van der Waals surface area contributed by atoms with E-state index in [9.17, 15) is 9.59 Å². The van der Waals surface area contributed by atoms with Gasteiger partial charge in [-0.05, 0) is 18.3 Å². The molecule has 0 bridgehead atoms. The van der Waals surface area contributed by atoms with Gasteiger partial charge in [0.1, 0.15) is 0 Å². The molecule has 0 aromatic rings. The van der Waals surface area contributed by atoms with Crippen molar-refractivity contribution in [2.45, 2.75) is 59.4 Å². The molecule has 3 heteroatoms. The number of likely N-dealkylation sites (tertiary alicyclic amines) is 1. The fourth-order valence-electron chi connectivity index (χ4n) is 3.05. The van der Waals surface area contributed by atoms with Gasteiger partial charge >= 0.3 is 0 Å². The third-order valence-corrected chi connectivity index (χ3v) is 3.96. The second-order valence-corrected chi connectivity index (χ2v) is 5.28. The molecule has 0 N–H and O–H groups in total. The zero-order chi connectivity index (χ0) is 12.5. The molecule has 0 unspecified atom stereocenters. The van der Waals surface area contributed by atoms with Crippen molar-refractivity contribution in [1.29, 1.82) is 0 Å². The molecule has 16 heavy (non-hydrogen) atoms. The Bertz CT molecular complexity index is 286. The van der Waals surface area contributed by atoms with Crippen molar-refractivity contribution in [1.82, 2.24) is 4.90 Å². The van der Waals surface area contributed by atoms with Gasteiger partial charge in [-0.2, -0.15) is 0 Å². The van der Waals surface area contributed by atoms with E-state index < -0.39 is 0 Å². The van der Waals surface area contributed by atoms with Crippen LogP contribution in [0.2, 0.25) is 0 Å². The van der Waals surface area contributed by atoms with Crippen LogP contribution in [0.15, 0.2) is 0 Å². The normalized spacial score (nSPS) is 19.9. The minimum Gasteiger partial charge on any atom is -0.276 e. The molecule has 2 amide bonds.